The Labute approximate surface area is 198 Å². The number of allylic oxidation sites excluding steroid dienone is 1. The third-order valence-corrected chi connectivity index (χ3v) is 5.75. The van der Waals surface area contributed by atoms with Gasteiger partial charge in [0.05, 0.1) is 17.3 Å². The molecule has 1 N–H and O–H groups in total. The number of aromatic nitrogens is 2. The molecule has 2 heterocycles. The summed E-state index contributed by atoms with van der Waals surface area (Å²) in [6.45, 7) is 1.72. The van der Waals surface area contributed by atoms with Crippen LogP contribution in [0.1, 0.15) is 24.4 Å². The van der Waals surface area contributed by atoms with Crippen LogP contribution in [-0.4, -0.2) is 16.2 Å². The van der Waals surface area contributed by atoms with E-state index in [1.165, 1.54) is 35.2 Å². The molecule has 4 aromatic rings. The van der Waals surface area contributed by atoms with Crippen molar-refractivity contribution in [2.24, 2.45) is 0 Å². The smallest absolute Gasteiger partial charge is 0.327 e. The van der Waals surface area contributed by atoms with Crippen molar-refractivity contribution in [2.45, 2.75) is 13.0 Å². The Morgan fingerprint density at radius 3 is 2.41 bits per heavy atom. The Kier molecular flexibility index (Phi) is 5.59. The molecule has 0 saturated carbocycles. The van der Waals surface area contributed by atoms with Crippen LogP contribution in [0.25, 0.3) is 17.0 Å². The highest BCUT2D eigenvalue weighted by atomic mass is 35.5. The minimum Gasteiger partial charge on any atom is -0.334 e. The maximum absolute atomic E-state index is 13.9. The molecule has 0 radical (unpaired) electrons. The number of nitrogens with one attached hydrogen (secondary N) is 1. The molecule has 1 aromatic heterocycles. The molecule has 0 fully saturated rings. The van der Waals surface area contributed by atoms with E-state index in [-0.39, 0.29) is 11.7 Å². The van der Waals surface area contributed by atoms with Crippen LogP contribution in [0, 0.1) is 11.6 Å². The lowest BCUT2D eigenvalue weighted by atomic mass is 9.94. The van der Waals surface area contributed by atoms with Crippen molar-refractivity contribution in [2.75, 3.05) is 4.90 Å². The van der Waals surface area contributed by atoms with Gasteiger partial charge in [-0.25, -0.2) is 13.6 Å². The van der Waals surface area contributed by atoms with Crippen molar-refractivity contribution in [3.05, 3.63) is 107 Å². The molecule has 3 aromatic carbocycles. The van der Waals surface area contributed by atoms with E-state index >= 15 is 0 Å². The van der Waals surface area contributed by atoms with Gasteiger partial charge in [0.1, 0.15) is 11.6 Å². The summed E-state index contributed by atoms with van der Waals surface area (Å²) in [6, 6.07) is 17.4. The Bertz CT molecular complexity index is 1420. The lowest BCUT2D eigenvalue weighted by molar-refractivity contribution is 0.244. The van der Waals surface area contributed by atoms with Crippen molar-refractivity contribution in [1.29, 1.82) is 0 Å². The maximum atomic E-state index is 13.9. The van der Waals surface area contributed by atoms with E-state index in [1.54, 1.807) is 49.4 Å². The fraction of sp³-hybridized carbons (Fsp3) is 0.0800. The normalized spacial score (nSPS) is 16.1. The fourth-order valence-corrected chi connectivity index (χ4v) is 4.06. The summed E-state index contributed by atoms with van der Waals surface area (Å²) in [6.07, 6.45) is 0. The van der Waals surface area contributed by atoms with Gasteiger partial charge in [-0.3, -0.25) is 4.90 Å². The van der Waals surface area contributed by atoms with Gasteiger partial charge in [-0.2, -0.15) is 4.98 Å². The zero-order valence-electron chi connectivity index (χ0n) is 17.8. The molecule has 1 atom stereocenters. The average Bonchev–Trinajstić information content (AvgIpc) is 3.29. The first-order valence-corrected chi connectivity index (χ1v) is 10.7. The SMILES string of the molecule is CC1=C(c2nc(-c3cccc(F)c3)no2)C(c2ccc(Cl)cc2)NC(=O)N1c1cccc(F)c1. The largest absolute Gasteiger partial charge is 0.334 e. The Balaban J connectivity index is 1.66. The number of carbonyl (C=O) groups is 1. The monoisotopic (exact) mass is 478 g/mol. The van der Waals surface area contributed by atoms with E-state index in [9.17, 15) is 13.6 Å². The first-order valence-electron chi connectivity index (χ1n) is 10.3. The van der Waals surface area contributed by atoms with Crippen LogP contribution in [-0.2, 0) is 0 Å². The van der Waals surface area contributed by atoms with Gasteiger partial charge in [-0.15, -0.1) is 0 Å². The molecule has 34 heavy (non-hydrogen) atoms. The highest BCUT2D eigenvalue weighted by Gasteiger charge is 2.36. The number of amides is 2. The summed E-state index contributed by atoms with van der Waals surface area (Å²) >= 11 is 6.05. The molecule has 0 aliphatic carbocycles. The second kappa shape index (κ2) is 8.72. The number of rotatable bonds is 4. The van der Waals surface area contributed by atoms with Crippen molar-refractivity contribution in [1.82, 2.24) is 15.5 Å². The lowest BCUT2D eigenvalue weighted by Gasteiger charge is -2.35. The van der Waals surface area contributed by atoms with Gasteiger partial charge in [0.2, 0.25) is 5.82 Å². The van der Waals surface area contributed by atoms with E-state index in [0.29, 0.717) is 27.5 Å². The molecule has 1 aliphatic rings. The highest BCUT2D eigenvalue weighted by molar-refractivity contribution is 6.30. The number of anilines is 1. The van der Waals surface area contributed by atoms with Gasteiger partial charge in [0.25, 0.3) is 5.89 Å². The van der Waals surface area contributed by atoms with Crippen molar-refractivity contribution in [3.63, 3.8) is 0 Å². The zero-order valence-corrected chi connectivity index (χ0v) is 18.6. The number of halogens is 3. The van der Waals surface area contributed by atoms with Crippen molar-refractivity contribution >= 4 is 28.9 Å². The molecule has 5 rings (SSSR count). The molecular weight excluding hydrogens is 462 g/mol. The van der Waals surface area contributed by atoms with Crippen LogP contribution in [0.5, 0.6) is 0 Å². The zero-order chi connectivity index (χ0) is 23.8. The van der Waals surface area contributed by atoms with Crippen LogP contribution < -0.4 is 10.2 Å². The maximum Gasteiger partial charge on any atom is 0.327 e. The minimum atomic E-state index is -0.643. The molecule has 0 bridgehead atoms. The highest BCUT2D eigenvalue weighted by Crippen LogP contribution is 2.39. The van der Waals surface area contributed by atoms with Gasteiger partial charge >= 0.3 is 6.03 Å². The summed E-state index contributed by atoms with van der Waals surface area (Å²) < 4.78 is 33.2. The molecule has 1 aliphatic heterocycles. The van der Waals surface area contributed by atoms with Crippen molar-refractivity contribution in [3.8, 4) is 11.4 Å². The topological polar surface area (TPSA) is 71.3 Å². The number of benzene rings is 3. The Hall–Kier alpha value is -4.04. The predicted molar refractivity (Wildman–Crippen MR) is 124 cm³/mol. The van der Waals surface area contributed by atoms with Gasteiger partial charge in [-0.05, 0) is 55.0 Å². The number of hydrogen-bond acceptors (Lipinski definition) is 4. The van der Waals surface area contributed by atoms with Gasteiger partial charge in [0.15, 0.2) is 0 Å². The first-order chi connectivity index (χ1) is 16.4. The summed E-state index contributed by atoms with van der Waals surface area (Å²) in [7, 11) is 0. The summed E-state index contributed by atoms with van der Waals surface area (Å²) in [5, 5.41) is 7.49. The second-order valence-electron chi connectivity index (χ2n) is 7.68. The molecule has 170 valence electrons. The Morgan fingerprint density at radius 1 is 1.00 bits per heavy atom. The molecule has 0 saturated heterocycles. The van der Waals surface area contributed by atoms with E-state index < -0.39 is 23.7 Å². The van der Waals surface area contributed by atoms with Crippen molar-refractivity contribution < 1.29 is 18.1 Å². The number of urea groups is 1. The third kappa shape index (κ3) is 4.04. The van der Waals surface area contributed by atoms with Crippen LogP contribution in [0.15, 0.2) is 83.0 Å². The quantitative estimate of drug-likeness (QED) is 0.370. The van der Waals surface area contributed by atoms with Crippen LogP contribution >= 0.6 is 11.6 Å². The van der Waals surface area contributed by atoms with Gasteiger partial charge in [0, 0.05) is 16.3 Å². The molecular formula is C25H17ClF2N4O2. The number of nitrogens with zero attached hydrogens (tertiary/aromatic N) is 3. The average molecular weight is 479 g/mol. The van der Waals surface area contributed by atoms with E-state index in [0.717, 1.165) is 5.56 Å². The van der Waals surface area contributed by atoms with Crippen LogP contribution in [0.4, 0.5) is 19.3 Å². The molecule has 9 heteroatoms. The minimum absolute atomic E-state index is 0.137. The standard InChI is InChI=1S/C25H17ClF2N4O2/c1-14-21(24-30-23(31-34-24)16-4-2-5-18(27)12-16)22(15-8-10-17(26)11-9-15)29-25(33)32(14)20-7-3-6-19(28)13-20/h2-13,22H,1H3,(H,29,33). The van der Waals surface area contributed by atoms with Gasteiger partial charge < -0.3 is 9.84 Å². The van der Waals surface area contributed by atoms with Gasteiger partial charge in [-0.1, -0.05) is 47.1 Å². The first kappa shape index (κ1) is 21.8. The molecule has 6 nitrogen and oxygen atoms in total. The molecule has 2 amide bonds. The van der Waals surface area contributed by atoms with Crippen LogP contribution in [0.2, 0.25) is 5.02 Å². The van der Waals surface area contributed by atoms with Crippen LogP contribution in [0.3, 0.4) is 0 Å². The fourth-order valence-electron chi connectivity index (χ4n) is 3.93. The molecule has 1 unspecified atom stereocenters. The number of hydrogen-bond donors (Lipinski definition) is 1. The number of carbonyl (C=O) groups excluding carboxylic acids is 1. The second-order valence-corrected chi connectivity index (χ2v) is 8.12. The van der Waals surface area contributed by atoms with E-state index in [4.69, 9.17) is 16.1 Å². The Morgan fingerprint density at radius 2 is 1.71 bits per heavy atom. The molecule has 0 spiro atoms. The van der Waals surface area contributed by atoms with E-state index in [1.807, 2.05) is 0 Å². The summed E-state index contributed by atoms with van der Waals surface area (Å²) in [5.74, 6) is -0.580. The summed E-state index contributed by atoms with van der Waals surface area (Å²) in [4.78, 5) is 19.0. The lowest BCUT2D eigenvalue weighted by Crippen LogP contribution is -2.46. The third-order valence-electron chi connectivity index (χ3n) is 5.49. The summed E-state index contributed by atoms with van der Waals surface area (Å²) in [5.41, 5.74) is 2.51. The van der Waals surface area contributed by atoms with E-state index in [2.05, 4.69) is 15.5 Å². The predicted octanol–water partition coefficient (Wildman–Crippen LogP) is 6.37.